The van der Waals surface area contributed by atoms with Crippen LogP contribution in [0.5, 0.6) is 0 Å². The molecule has 402 valence electrons. The fourth-order valence-electron chi connectivity index (χ4n) is 8.83. The highest BCUT2D eigenvalue weighted by Gasteiger charge is 2.58. The molecule has 0 aliphatic carbocycles. The van der Waals surface area contributed by atoms with Crippen LogP contribution in [0.4, 0.5) is 0 Å². The lowest BCUT2D eigenvalue weighted by Crippen LogP contribution is -2.70. The average molecular weight is 1020 g/mol. The Labute approximate surface area is 390 Å². The van der Waals surface area contributed by atoms with Crippen LogP contribution in [-0.2, 0) is 56.9 Å². The maximum atomic E-state index is 12.8. The van der Waals surface area contributed by atoms with Crippen LogP contribution >= 0.6 is 0 Å². The number of hydrogen-bond acceptors (Lipinski definition) is 30. The van der Waals surface area contributed by atoms with Gasteiger partial charge in [0.15, 0.2) is 37.7 Å². The second-order valence-corrected chi connectivity index (χ2v) is 17.5. The van der Waals surface area contributed by atoms with Gasteiger partial charge in [-0.15, -0.1) is 0 Å². The SMILES string of the molecule is CC(=O)N[C@H]1[C@H](O[C@H]2[C@@H](O)[C@@H](CO)O[C@H](O[C@H]3[C@@H](O)[C@@H](CO)O[C@@H](O[C@H]4[C@H](O)[C@@H](O)[C@H](O)O[C@@H]4CO)[C@@H]3O)[C@@H]2O)O[C@H](CO)[C@@H](O)[C@@H]1O[C@@H]1O[C@H](CO)[C@H](O)[C@H](O)[C@H]1O[C@@H]1O[C@@H](C)[C@@H](O)[C@@H](O)[C@@H]1O. The molecule has 0 aromatic heterocycles. The van der Waals surface area contributed by atoms with E-state index in [2.05, 4.69) is 5.32 Å². The summed E-state index contributed by atoms with van der Waals surface area (Å²) in [5.41, 5.74) is 0. The van der Waals surface area contributed by atoms with E-state index in [0.717, 1.165) is 6.92 Å². The highest BCUT2D eigenvalue weighted by Crippen LogP contribution is 2.37. The molecule has 0 unspecified atom stereocenters. The summed E-state index contributed by atoms with van der Waals surface area (Å²) < 4.78 is 62.4. The predicted octanol–water partition coefficient (Wildman–Crippen LogP) is -12.9. The first-order chi connectivity index (χ1) is 32.6. The summed E-state index contributed by atoms with van der Waals surface area (Å²) in [6.07, 6.45) is -54.8. The Morgan fingerprint density at radius 1 is 0.377 bits per heavy atom. The minimum atomic E-state index is -2.25. The summed E-state index contributed by atoms with van der Waals surface area (Å²) in [6.45, 7) is -2.58. The lowest BCUT2D eigenvalue weighted by molar-refractivity contribution is -0.393. The van der Waals surface area contributed by atoms with Gasteiger partial charge in [-0.25, -0.2) is 0 Å². The van der Waals surface area contributed by atoms with Crippen LogP contribution in [0, 0.1) is 0 Å². The molecule has 0 spiro atoms. The summed E-state index contributed by atoms with van der Waals surface area (Å²) in [4.78, 5) is 12.8. The largest absolute Gasteiger partial charge is 0.394 e. The van der Waals surface area contributed by atoms with Crippen LogP contribution in [0.25, 0.3) is 0 Å². The molecule has 6 heterocycles. The molecule has 69 heavy (non-hydrogen) atoms. The lowest BCUT2D eigenvalue weighted by Gasteiger charge is -2.51. The number of ether oxygens (including phenoxy) is 11. The topological polar surface area (TPSA) is 495 Å². The Kier molecular flexibility index (Phi) is 19.8. The van der Waals surface area contributed by atoms with E-state index in [4.69, 9.17) is 52.1 Å². The molecule has 6 saturated heterocycles. The van der Waals surface area contributed by atoms with E-state index in [1.54, 1.807) is 0 Å². The van der Waals surface area contributed by atoms with Gasteiger partial charge in [0.2, 0.25) is 5.91 Å². The molecule has 19 N–H and O–H groups in total. The van der Waals surface area contributed by atoms with E-state index in [0.29, 0.717) is 0 Å². The number of carbonyl (C=O) groups excluding carboxylic acids is 1. The minimum absolute atomic E-state index is 0.870. The lowest BCUT2D eigenvalue weighted by atomic mass is 9.94. The molecule has 30 atom stereocenters. The molecule has 1 amide bonds. The molecule has 0 saturated carbocycles. The molecular formula is C38H65NO30. The summed E-state index contributed by atoms with van der Waals surface area (Å²) in [5, 5.41) is 194. The van der Waals surface area contributed by atoms with Gasteiger partial charge in [-0.05, 0) is 6.92 Å². The molecule has 31 nitrogen and oxygen atoms in total. The van der Waals surface area contributed by atoms with Crippen LogP contribution in [0.2, 0.25) is 0 Å². The third kappa shape index (κ3) is 11.8. The van der Waals surface area contributed by atoms with Gasteiger partial charge >= 0.3 is 0 Å². The van der Waals surface area contributed by atoms with E-state index in [9.17, 15) is 96.7 Å². The van der Waals surface area contributed by atoms with Crippen molar-refractivity contribution in [1.82, 2.24) is 5.32 Å². The van der Waals surface area contributed by atoms with Crippen LogP contribution in [0.3, 0.4) is 0 Å². The van der Waals surface area contributed by atoms with E-state index in [1.807, 2.05) is 0 Å². The predicted molar refractivity (Wildman–Crippen MR) is 209 cm³/mol. The maximum absolute atomic E-state index is 12.8. The van der Waals surface area contributed by atoms with Crippen LogP contribution in [0.1, 0.15) is 13.8 Å². The zero-order chi connectivity index (χ0) is 50.9. The number of aliphatic hydroxyl groups excluding tert-OH is 18. The van der Waals surface area contributed by atoms with Crippen molar-refractivity contribution in [2.45, 2.75) is 198 Å². The summed E-state index contributed by atoms with van der Waals surface area (Å²) in [7, 11) is 0. The normalized spacial score (nSPS) is 52.1. The highest BCUT2D eigenvalue weighted by atomic mass is 16.8. The standard InChI is InChI=1S/C38H65NO30/c1-8-16(46)21(51)25(55)35(59-8)69-32-22(52)17(47)10(3-40)64-38(32)66-29-15(39-9(2)45)34(61-11(4-41)18(29)48)67-30-19(49)12(5-42)63-37(26(30)56)68-31-20(50)13(6-43)62-36(27(31)57)65-28-14(7-44)60-33(58)24(54)23(28)53/h8,10-38,40-44,46-58H,3-7H2,1-2H3,(H,39,45)/t8-,10+,11+,12+,13+,14+,15+,16+,17-,18+,19-,20-,21+,22-,23+,24+,25-,26+,27+,28+,29+,30-,31-,32+,33+,34-,35-,36-,37+,38-/m0/s1. The molecular weight excluding hydrogens is 950 g/mol. The molecule has 6 aliphatic heterocycles. The van der Waals surface area contributed by atoms with Crippen molar-refractivity contribution in [3.05, 3.63) is 0 Å². The van der Waals surface area contributed by atoms with Crippen molar-refractivity contribution >= 4 is 5.91 Å². The van der Waals surface area contributed by atoms with E-state index in [1.165, 1.54) is 6.92 Å². The van der Waals surface area contributed by atoms with E-state index >= 15 is 0 Å². The van der Waals surface area contributed by atoms with E-state index < -0.39 is 223 Å². The van der Waals surface area contributed by atoms with Crippen molar-refractivity contribution in [1.29, 1.82) is 0 Å². The van der Waals surface area contributed by atoms with Crippen LogP contribution in [-0.4, -0.2) is 315 Å². The molecule has 6 aliphatic rings. The Balaban J connectivity index is 1.26. The van der Waals surface area contributed by atoms with Crippen molar-refractivity contribution in [3.63, 3.8) is 0 Å². The first-order valence-electron chi connectivity index (χ1n) is 22.0. The zero-order valence-corrected chi connectivity index (χ0v) is 36.8. The monoisotopic (exact) mass is 1020 g/mol. The van der Waals surface area contributed by atoms with Gasteiger partial charge in [0.25, 0.3) is 0 Å². The Bertz CT molecular complexity index is 1610. The Hall–Kier alpha value is -1.69. The molecule has 0 aromatic rings. The Morgan fingerprint density at radius 2 is 0.768 bits per heavy atom. The van der Waals surface area contributed by atoms with Gasteiger partial charge in [0, 0.05) is 6.92 Å². The van der Waals surface area contributed by atoms with Crippen LogP contribution < -0.4 is 5.32 Å². The molecule has 6 rings (SSSR count). The first-order valence-corrected chi connectivity index (χ1v) is 22.0. The van der Waals surface area contributed by atoms with E-state index in [-0.39, 0.29) is 0 Å². The minimum Gasteiger partial charge on any atom is -0.394 e. The van der Waals surface area contributed by atoms with Gasteiger partial charge in [0.1, 0.15) is 140 Å². The first kappa shape index (κ1) is 56.6. The zero-order valence-electron chi connectivity index (χ0n) is 36.8. The maximum Gasteiger partial charge on any atom is 0.217 e. The summed E-state index contributed by atoms with van der Waals surface area (Å²) >= 11 is 0. The van der Waals surface area contributed by atoms with Crippen LogP contribution in [0.15, 0.2) is 0 Å². The number of amides is 1. The van der Waals surface area contributed by atoms with Gasteiger partial charge in [-0.3, -0.25) is 4.79 Å². The van der Waals surface area contributed by atoms with Crippen molar-refractivity contribution in [2.24, 2.45) is 0 Å². The van der Waals surface area contributed by atoms with Gasteiger partial charge in [-0.1, -0.05) is 0 Å². The number of nitrogens with one attached hydrogen (secondary N) is 1. The second-order valence-electron chi connectivity index (χ2n) is 17.5. The van der Waals surface area contributed by atoms with Crippen molar-refractivity contribution in [3.8, 4) is 0 Å². The smallest absolute Gasteiger partial charge is 0.217 e. The fourth-order valence-corrected chi connectivity index (χ4v) is 8.83. The number of carbonyl (C=O) groups is 1. The molecule has 0 aromatic carbocycles. The number of hydrogen-bond donors (Lipinski definition) is 19. The second kappa shape index (κ2) is 24.1. The van der Waals surface area contributed by atoms with Crippen molar-refractivity contribution in [2.75, 3.05) is 33.0 Å². The average Bonchev–Trinajstić information content (AvgIpc) is 3.32. The molecule has 0 bridgehead atoms. The number of aliphatic hydroxyl groups is 18. The quantitative estimate of drug-likeness (QED) is 0.0682. The van der Waals surface area contributed by atoms with Gasteiger partial charge < -0.3 is 149 Å². The van der Waals surface area contributed by atoms with Gasteiger partial charge in [-0.2, -0.15) is 0 Å². The molecule has 6 fully saturated rings. The third-order valence-electron chi connectivity index (χ3n) is 12.8. The number of rotatable bonds is 16. The fraction of sp³-hybridized carbons (Fsp3) is 0.974. The molecule has 31 heteroatoms. The van der Waals surface area contributed by atoms with Crippen molar-refractivity contribution < 1.29 is 149 Å². The summed E-state index contributed by atoms with van der Waals surface area (Å²) in [5.74, 6) is -0.870. The molecule has 0 radical (unpaired) electrons. The Morgan fingerprint density at radius 3 is 1.28 bits per heavy atom. The van der Waals surface area contributed by atoms with Gasteiger partial charge in [0.05, 0.1) is 39.1 Å². The highest BCUT2D eigenvalue weighted by molar-refractivity contribution is 5.73. The summed E-state index contributed by atoms with van der Waals surface area (Å²) in [6, 6.07) is -1.80. The third-order valence-corrected chi connectivity index (χ3v) is 12.8.